The quantitative estimate of drug-likeness (QED) is 0.527. The van der Waals surface area contributed by atoms with Gasteiger partial charge in [-0.2, -0.15) is 13.2 Å². The Kier molecular flexibility index (Phi) is 6.99. The summed E-state index contributed by atoms with van der Waals surface area (Å²) >= 11 is 0. The molecule has 2 amide bonds. The summed E-state index contributed by atoms with van der Waals surface area (Å²) in [6.07, 6.45) is -1.08. The van der Waals surface area contributed by atoms with Crippen molar-refractivity contribution in [2.45, 2.75) is 32.4 Å². The zero-order chi connectivity index (χ0) is 22.4. The Hall–Kier alpha value is -3.29. The Labute approximate surface area is 178 Å². The number of para-hydroxylation sites is 2. The molecule has 1 heterocycles. The van der Waals surface area contributed by atoms with Crippen LogP contribution in [-0.2, 0) is 22.2 Å². The number of hydrogen-bond donors (Lipinski definition) is 2. The van der Waals surface area contributed by atoms with Crippen LogP contribution in [0.15, 0.2) is 54.7 Å². The highest BCUT2D eigenvalue weighted by molar-refractivity contribution is 5.95. The van der Waals surface area contributed by atoms with Crippen molar-refractivity contribution in [3.05, 3.63) is 65.9 Å². The van der Waals surface area contributed by atoms with E-state index in [9.17, 15) is 22.8 Å². The first-order valence-corrected chi connectivity index (χ1v) is 10.1. The van der Waals surface area contributed by atoms with Crippen LogP contribution in [0.5, 0.6) is 0 Å². The van der Waals surface area contributed by atoms with Crippen molar-refractivity contribution in [2.24, 2.45) is 0 Å². The van der Waals surface area contributed by atoms with Gasteiger partial charge in [0.25, 0.3) is 0 Å². The van der Waals surface area contributed by atoms with Gasteiger partial charge in [-0.15, -0.1) is 0 Å². The molecule has 2 aromatic carbocycles. The van der Waals surface area contributed by atoms with E-state index < -0.39 is 17.6 Å². The van der Waals surface area contributed by atoms with Crippen molar-refractivity contribution in [2.75, 3.05) is 18.4 Å². The summed E-state index contributed by atoms with van der Waals surface area (Å²) in [6, 6.07) is 12.7. The van der Waals surface area contributed by atoms with Crippen LogP contribution < -0.4 is 5.32 Å². The summed E-state index contributed by atoms with van der Waals surface area (Å²) in [4.78, 5) is 29.4. The minimum Gasteiger partial charge on any atom is -0.361 e. The van der Waals surface area contributed by atoms with Gasteiger partial charge in [-0.05, 0) is 43.5 Å². The van der Waals surface area contributed by atoms with Gasteiger partial charge < -0.3 is 15.2 Å². The van der Waals surface area contributed by atoms with Crippen LogP contribution in [0.1, 0.15) is 30.9 Å². The lowest BCUT2D eigenvalue weighted by molar-refractivity contribution is -0.137. The lowest BCUT2D eigenvalue weighted by Gasteiger charge is -2.21. The first-order valence-electron chi connectivity index (χ1n) is 10.1. The van der Waals surface area contributed by atoms with Gasteiger partial charge in [0.1, 0.15) is 0 Å². The van der Waals surface area contributed by atoms with Crippen molar-refractivity contribution in [3.63, 3.8) is 0 Å². The Balaban J connectivity index is 1.54. The number of aromatic nitrogens is 1. The van der Waals surface area contributed by atoms with E-state index in [2.05, 4.69) is 10.3 Å². The number of carbonyl (C=O) groups is 2. The summed E-state index contributed by atoms with van der Waals surface area (Å²) in [6.45, 7) is 1.73. The number of carbonyl (C=O) groups excluding carboxylic acids is 2. The van der Waals surface area contributed by atoms with E-state index in [1.807, 2.05) is 30.5 Å². The predicted octanol–water partition coefficient (Wildman–Crippen LogP) is 5.00. The van der Waals surface area contributed by atoms with Gasteiger partial charge in [0.05, 0.1) is 17.8 Å². The van der Waals surface area contributed by atoms with Crippen LogP contribution >= 0.6 is 0 Å². The van der Waals surface area contributed by atoms with Crippen LogP contribution in [0, 0.1) is 0 Å². The minimum absolute atomic E-state index is 0.207. The Morgan fingerprint density at radius 3 is 2.52 bits per heavy atom. The molecule has 0 aliphatic rings. The van der Waals surface area contributed by atoms with E-state index in [0.717, 1.165) is 22.5 Å². The third kappa shape index (κ3) is 5.65. The molecule has 0 radical (unpaired) electrons. The number of likely N-dealkylation sites (N-methyl/N-ethyl adjacent to an activating group) is 1. The van der Waals surface area contributed by atoms with Gasteiger partial charge in [-0.3, -0.25) is 9.59 Å². The first kappa shape index (κ1) is 22.4. The largest absolute Gasteiger partial charge is 0.418 e. The molecule has 1 aromatic heterocycles. The molecular formula is C23H24F3N3O2. The molecule has 164 valence electrons. The van der Waals surface area contributed by atoms with Gasteiger partial charge in [-0.1, -0.05) is 30.3 Å². The maximum atomic E-state index is 13.1. The van der Waals surface area contributed by atoms with Crippen LogP contribution in [-0.4, -0.2) is 34.8 Å². The van der Waals surface area contributed by atoms with Crippen molar-refractivity contribution in [1.29, 1.82) is 0 Å². The van der Waals surface area contributed by atoms with Gasteiger partial charge in [0.2, 0.25) is 11.8 Å². The van der Waals surface area contributed by atoms with E-state index in [0.29, 0.717) is 19.4 Å². The number of fused-ring (bicyclic) bond motifs is 1. The summed E-state index contributed by atoms with van der Waals surface area (Å²) in [5, 5.41) is 3.39. The molecule has 5 nitrogen and oxygen atoms in total. The number of hydrogen-bond acceptors (Lipinski definition) is 2. The molecule has 0 fully saturated rings. The number of nitrogens with zero attached hydrogens (tertiary/aromatic N) is 1. The van der Waals surface area contributed by atoms with E-state index >= 15 is 0 Å². The third-order valence-corrected chi connectivity index (χ3v) is 5.09. The Morgan fingerprint density at radius 1 is 1.06 bits per heavy atom. The molecule has 0 aliphatic carbocycles. The van der Waals surface area contributed by atoms with Gasteiger partial charge >= 0.3 is 6.18 Å². The Morgan fingerprint density at radius 2 is 1.77 bits per heavy atom. The van der Waals surface area contributed by atoms with Crippen molar-refractivity contribution in [1.82, 2.24) is 9.88 Å². The topological polar surface area (TPSA) is 65.2 Å². The third-order valence-electron chi connectivity index (χ3n) is 5.09. The van der Waals surface area contributed by atoms with Crippen LogP contribution in [0.4, 0.5) is 18.9 Å². The van der Waals surface area contributed by atoms with Gasteiger partial charge in [0, 0.05) is 30.1 Å². The lowest BCUT2D eigenvalue weighted by Crippen LogP contribution is -2.38. The van der Waals surface area contributed by atoms with Crippen molar-refractivity contribution in [3.8, 4) is 0 Å². The normalized spacial score (nSPS) is 11.5. The molecule has 3 rings (SSSR count). The first-order chi connectivity index (χ1) is 14.8. The number of alkyl halides is 3. The maximum Gasteiger partial charge on any atom is 0.418 e. The molecule has 8 heteroatoms. The molecule has 0 aliphatic heterocycles. The molecule has 0 bridgehead atoms. The highest BCUT2D eigenvalue weighted by Gasteiger charge is 2.33. The molecule has 0 spiro atoms. The zero-order valence-corrected chi connectivity index (χ0v) is 17.1. The fraction of sp³-hybridized carbons (Fsp3) is 0.304. The highest BCUT2D eigenvalue weighted by Crippen LogP contribution is 2.34. The molecular weight excluding hydrogens is 407 g/mol. The number of halogens is 3. The average Bonchev–Trinajstić information content (AvgIpc) is 3.14. The standard InChI is InChI=1S/C23H24F3N3O2/c1-2-29(15-21(30)28-20-12-6-4-10-18(20)23(24,25)26)22(31)13-7-8-16-14-27-19-11-5-3-9-17(16)19/h3-6,9-12,14,27H,2,7-8,13,15H2,1H3,(H,28,30). The SMILES string of the molecule is CCN(CC(=O)Nc1ccccc1C(F)(F)F)C(=O)CCCc1c[nH]c2ccccc12. The second kappa shape index (κ2) is 9.68. The summed E-state index contributed by atoms with van der Waals surface area (Å²) < 4.78 is 39.3. The second-order valence-corrected chi connectivity index (χ2v) is 7.21. The van der Waals surface area contributed by atoms with Crippen LogP contribution in [0.3, 0.4) is 0 Å². The number of aromatic amines is 1. The zero-order valence-electron chi connectivity index (χ0n) is 17.1. The van der Waals surface area contributed by atoms with E-state index in [4.69, 9.17) is 0 Å². The number of amides is 2. The van der Waals surface area contributed by atoms with Gasteiger partial charge in [-0.25, -0.2) is 0 Å². The summed E-state index contributed by atoms with van der Waals surface area (Å²) in [7, 11) is 0. The smallest absolute Gasteiger partial charge is 0.361 e. The minimum atomic E-state index is -4.58. The fourth-order valence-corrected chi connectivity index (χ4v) is 3.51. The van der Waals surface area contributed by atoms with E-state index in [1.54, 1.807) is 6.92 Å². The molecule has 2 N–H and O–H groups in total. The summed E-state index contributed by atoms with van der Waals surface area (Å²) in [5.41, 5.74) is 0.919. The molecule has 31 heavy (non-hydrogen) atoms. The van der Waals surface area contributed by atoms with Gasteiger partial charge in [0.15, 0.2) is 0 Å². The van der Waals surface area contributed by atoms with Crippen LogP contribution in [0.2, 0.25) is 0 Å². The number of rotatable bonds is 8. The van der Waals surface area contributed by atoms with Crippen LogP contribution in [0.25, 0.3) is 10.9 Å². The second-order valence-electron chi connectivity index (χ2n) is 7.21. The van der Waals surface area contributed by atoms with E-state index in [1.165, 1.54) is 23.1 Å². The summed E-state index contributed by atoms with van der Waals surface area (Å²) in [5.74, 6) is -0.870. The number of aryl methyl sites for hydroxylation is 1. The number of anilines is 1. The average molecular weight is 431 g/mol. The molecule has 3 aromatic rings. The predicted molar refractivity (Wildman–Crippen MR) is 114 cm³/mol. The molecule has 0 atom stereocenters. The number of benzene rings is 2. The fourth-order valence-electron chi connectivity index (χ4n) is 3.51. The van der Waals surface area contributed by atoms with Crippen molar-refractivity contribution >= 4 is 28.4 Å². The number of H-pyrrole nitrogens is 1. The number of nitrogens with one attached hydrogen (secondary N) is 2. The van der Waals surface area contributed by atoms with E-state index in [-0.39, 0.29) is 24.6 Å². The Bertz CT molecular complexity index is 1060. The molecule has 0 unspecified atom stereocenters. The molecule has 0 saturated heterocycles. The monoisotopic (exact) mass is 431 g/mol. The maximum absolute atomic E-state index is 13.1. The highest BCUT2D eigenvalue weighted by atomic mass is 19.4. The van der Waals surface area contributed by atoms with Crippen molar-refractivity contribution < 1.29 is 22.8 Å². The lowest BCUT2D eigenvalue weighted by atomic mass is 10.1. The molecule has 0 saturated carbocycles.